The van der Waals surface area contributed by atoms with Crippen LogP contribution in [0.25, 0.3) is 0 Å². The smallest absolute Gasteiger partial charge is 0.220 e. The van der Waals surface area contributed by atoms with Gasteiger partial charge in [0.05, 0.1) is 6.61 Å². The normalized spacial score (nSPS) is 10.5. The molecule has 0 aliphatic heterocycles. The molecule has 2 aromatic carbocycles. The molecule has 0 aliphatic rings. The lowest BCUT2D eigenvalue weighted by Crippen LogP contribution is -2.23. The molecule has 0 spiro atoms. The fourth-order valence-electron chi connectivity index (χ4n) is 2.26. The third-order valence-electron chi connectivity index (χ3n) is 3.42. The number of ether oxygens (including phenoxy) is 1. The van der Waals surface area contributed by atoms with Crippen molar-refractivity contribution < 1.29 is 9.53 Å². The van der Waals surface area contributed by atoms with Crippen LogP contribution in [0.3, 0.4) is 0 Å². The molecule has 22 heavy (non-hydrogen) atoms. The van der Waals surface area contributed by atoms with Crippen LogP contribution in [0.2, 0.25) is 5.02 Å². The van der Waals surface area contributed by atoms with Crippen molar-refractivity contribution in [1.29, 1.82) is 0 Å². The van der Waals surface area contributed by atoms with Gasteiger partial charge < -0.3 is 10.1 Å². The van der Waals surface area contributed by atoms with E-state index in [9.17, 15) is 4.79 Å². The maximum Gasteiger partial charge on any atom is 0.220 e. The lowest BCUT2D eigenvalue weighted by molar-refractivity contribution is -0.121. The minimum absolute atomic E-state index is 0.0344. The molecule has 0 atom stereocenters. The first-order valence-corrected chi connectivity index (χ1v) is 7.63. The fourth-order valence-corrected chi connectivity index (χ4v) is 2.47. The molecule has 0 radical (unpaired) electrons. The van der Waals surface area contributed by atoms with E-state index in [1.807, 2.05) is 48.5 Å². The van der Waals surface area contributed by atoms with E-state index in [1.54, 1.807) is 7.11 Å². The van der Waals surface area contributed by atoms with E-state index in [-0.39, 0.29) is 5.91 Å². The van der Waals surface area contributed by atoms with Crippen molar-refractivity contribution in [3.05, 3.63) is 70.2 Å². The molecule has 2 aromatic rings. The summed E-state index contributed by atoms with van der Waals surface area (Å²) in [5, 5.41) is 3.66. The summed E-state index contributed by atoms with van der Waals surface area (Å²) in [4.78, 5) is 12.0. The summed E-state index contributed by atoms with van der Waals surface area (Å²) in [6, 6.07) is 15.6. The standard InChI is InChI=1S/C18H20ClNO2/c1-22-13-16-7-3-2-6-15(16)12-20-18(21)10-9-14-5-4-8-17(19)11-14/h2-8,11H,9-10,12-13H2,1H3,(H,20,21). The molecule has 1 amide bonds. The van der Waals surface area contributed by atoms with E-state index in [1.165, 1.54) is 0 Å². The highest BCUT2D eigenvalue weighted by Gasteiger charge is 2.05. The Bertz CT molecular complexity index is 628. The summed E-state index contributed by atoms with van der Waals surface area (Å²) in [6.07, 6.45) is 1.14. The number of hydrogen-bond donors (Lipinski definition) is 1. The van der Waals surface area contributed by atoms with Gasteiger partial charge in [0.15, 0.2) is 0 Å². The lowest BCUT2D eigenvalue weighted by atomic mass is 10.1. The molecule has 0 unspecified atom stereocenters. The molecule has 1 N–H and O–H groups in total. The summed E-state index contributed by atoms with van der Waals surface area (Å²) in [7, 11) is 1.67. The van der Waals surface area contributed by atoms with Crippen LogP contribution >= 0.6 is 11.6 Å². The molecule has 0 saturated heterocycles. The van der Waals surface area contributed by atoms with Crippen LogP contribution in [-0.2, 0) is 29.1 Å². The van der Waals surface area contributed by atoms with E-state index < -0.39 is 0 Å². The number of methoxy groups -OCH3 is 1. The third-order valence-corrected chi connectivity index (χ3v) is 3.66. The Kier molecular flexibility index (Phi) is 6.44. The van der Waals surface area contributed by atoms with Gasteiger partial charge in [0.2, 0.25) is 5.91 Å². The van der Waals surface area contributed by atoms with Crippen LogP contribution < -0.4 is 5.32 Å². The zero-order chi connectivity index (χ0) is 15.8. The number of hydrogen-bond acceptors (Lipinski definition) is 2. The SMILES string of the molecule is COCc1ccccc1CNC(=O)CCc1cccc(Cl)c1. The predicted molar refractivity (Wildman–Crippen MR) is 88.8 cm³/mol. The highest BCUT2D eigenvalue weighted by molar-refractivity contribution is 6.30. The molecule has 3 nitrogen and oxygen atoms in total. The van der Waals surface area contributed by atoms with Crippen LogP contribution in [0.15, 0.2) is 48.5 Å². The number of amides is 1. The summed E-state index contributed by atoms with van der Waals surface area (Å²) in [5.41, 5.74) is 3.25. The second-order valence-corrected chi connectivity index (χ2v) is 5.54. The lowest BCUT2D eigenvalue weighted by Gasteiger charge is -2.10. The van der Waals surface area contributed by atoms with E-state index >= 15 is 0 Å². The van der Waals surface area contributed by atoms with E-state index in [0.29, 0.717) is 31.0 Å². The first-order chi connectivity index (χ1) is 10.7. The van der Waals surface area contributed by atoms with Crippen molar-refractivity contribution in [2.24, 2.45) is 0 Å². The van der Waals surface area contributed by atoms with Gasteiger partial charge in [0.1, 0.15) is 0 Å². The number of halogens is 1. The summed E-state index contributed by atoms with van der Waals surface area (Å²) in [5.74, 6) is 0.0344. The Morgan fingerprint density at radius 3 is 2.64 bits per heavy atom. The minimum Gasteiger partial charge on any atom is -0.380 e. The number of carbonyl (C=O) groups excluding carboxylic acids is 1. The fraction of sp³-hybridized carbons (Fsp3) is 0.278. The minimum atomic E-state index is 0.0344. The predicted octanol–water partition coefficient (Wildman–Crippen LogP) is 3.74. The molecule has 0 fully saturated rings. The van der Waals surface area contributed by atoms with Crippen molar-refractivity contribution in [1.82, 2.24) is 5.32 Å². The van der Waals surface area contributed by atoms with Crippen molar-refractivity contribution in [3.63, 3.8) is 0 Å². The molecule has 0 aromatic heterocycles. The van der Waals surface area contributed by atoms with E-state index in [0.717, 1.165) is 16.7 Å². The van der Waals surface area contributed by atoms with Gasteiger partial charge in [0.25, 0.3) is 0 Å². The third kappa shape index (κ3) is 5.17. The zero-order valence-electron chi connectivity index (χ0n) is 12.6. The van der Waals surface area contributed by atoms with Crippen molar-refractivity contribution >= 4 is 17.5 Å². The number of aryl methyl sites for hydroxylation is 1. The average molecular weight is 318 g/mol. The highest BCUT2D eigenvalue weighted by Crippen LogP contribution is 2.12. The summed E-state index contributed by atoms with van der Waals surface area (Å²) >= 11 is 5.94. The first kappa shape index (κ1) is 16.5. The molecule has 116 valence electrons. The average Bonchev–Trinajstić information content (AvgIpc) is 2.52. The van der Waals surface area contributed by atoms with Crippen LogP contribution in [0, 0.1) is 0 Å². The molecule has 2 rings (SSSR count). The number of rotatable bonds is 7. The van der Waals surface area contributed by atoms with Crippen molar-refractivity contribution in [2.45, 2.75) is 26.0 Å². The van der Waals surface area contributed by atoms with Crippen LogP contribution in [0.4, 0.5) is 0 Å². The topological polar surface area (TPSA) is 38.3 Å². The van der Waals surface area contributed by atoms with Gasteiger partial charge in [0, 0.05) is 25.1 Å². The molecular weight excluding hydrogens is 298 g/mol. The van der Waals surface area contributed by atoms with Gasteiger partial charge in [-0.05, 0) is 35.2 Å². The molecule has 0 aliphatic carbocycles. The van der Waals surface area contributed by atoms with E-state index in [4.69, 9.17) is 16.3 Å². The van der Waals surface area contributed by atoms with Gasteiger partial charge >= 0.3 is 0 Å². The van der Waals surface area contributed by atoms with Gasteiger partial charge in [-0.2, -0.15) is 0 Å². The maximum absolute atomic E-state index is 12.0. The Morgan fingerprint density at radius 1 is 1.14 bits per heavy atom. The van der Waals surface area contributed by atoms with E-state index in [2.05, 4.69) is 5.32 Å². The van der Waals surface area contributed by atoms with Crippen LogP contribution in [0.1, 0.15) is 23.1 Å². The van der Waals surface area contributed by atoms with Gasteiger partial charge in [-0.3, -0.25) is 4.79 Å². The Morgan fingerprint density at radius 2 is 1.91 bits per heavy atom. The summed E-state index contributed by atoms with van der Waals surface area (Å²) in [6.45, 7) is 1.07. The zero-order valence-corrected chi connectivity index (χ0v) is 13.4. The van der Waals surface area contributed by atoms with Crippen molar-refractivity contribution in [2.75, 3.05) is 7.11 Å². The quantitative estimate of drug-likeness (QED) is 0.845. The Balaban J connectivity index is 1.83. The second-order valence-electron chi connectivity index (χ2n) is 5.11. The van der Waals surface area contributed by atoms with Gasteiger partial charge in [-0.15, -0.1) is 0 Å². The molecule has 0 saturated carbocycles. The molecular formula is C18H20ClNO2. The molecule has 4 heteroatoms. The van der Waals surface area contributed by atoms with Crippen LogP contribution in [-0.4, -0.2) is 13.0 Å². The highest BCUT2D eigenvalue weighted by atomic mass is 35.5. The number of carbonyl (C=O) groups is 1. The summed E-state index contributed by atoms with van der Waals surface area (Å²) < 4.78 is 5.17. The van der Waals surface area contributed by atoms with Crippen molar-refractivity contribution in [3.8, 4) is 0 Å². The van der Waals surface area contributed by atoms with Gasteiger partial charge in [-0.1, -0.05) is 48.0 Å². The monoisotopic (exact) mass is 317 g/mol. The maximum atomic E-state index is 12.0. The largest absolute Gasteiger partial charge is 0.380 e. The van der Waals surface area contributed by atoms with Gasteiger partial charge in [-0.25, -0.2) is 0 Å². The second kappa shape index (κ2) is 8.57. The first-order valence-electron chi connectivity index (χ1n) is 7.26. The molecule has 0 bridgehead atoms. The Hall–Kier alpha value is -1.84. The number of nitrogens with one attached hydrogen (secondary N) is 1. The van der Waals surface area contributed by atoms with Crippen LogP contribution in [0.5, 0.6) is 0 Å². The molecule has 0 heterocycles. The Labute approximate surface area is 136 Å². The number of benzene rings is 2.